The second-order valence-corrected chi connectivity index (χ2v) is 8.18. The Morgan fingerprint density at radius 2 is 1.65 bits per heavy atom. The highest BCUT2D eigenvalue weighted by molar-refractivity contribution is 5.79. The fourth-order valence-electron chi connectivity index (χ4n) is 4.71. The van der Waals surface area contributed by atoms with Gasteiger partial charge in [-0.1, -0.05) is 12.8 Å². The zero-order valence-electron chi connectivity index (χ0n) is 15.1. The second-order valence-electron chi connectivity index (χ2n) is 8.18. The van der Waals surface area contributed by atoms with Crippen LogP contribution < -0.4 is 5.32 Å². The number of likely N-dealkylation sites (tertiary alicyclic amines) is 2. The van der Waals surface area contributed by atoms with Crippen LogP contribution in [0, 0.1) is 5.92 Å². The number of hydrogen-bond acceptors (Lipinski definition) is 3. The SMILES string of the molecule is CC(C)N1CCC(N2CCC[C@@H](C(=O)NC3CCCC3)C2)CC1. The second kappa shape index (κ2) is 7.98. The first-order chi connectivity index (χ1) is 11.1. The number of piperidine rings is 2. The van der Waals surface area contributed by atoms with Crippen LogP contribution >= 0.6 is 0 Å². The van der Waals surface area contributed by atoms with Gasteiger partial charge in [0.25, 0.3) is 0 Å². The van der Waals surface area contributed by atoms with Crippen molar-refractivity contribution >= 4 is 5.91 Å². The Morgan fingerprint density at radius 1 is 0.957 bits per heavy atom. The highest BCUT2D eigenvalue weighted by atomic mass is 16.2. The van der Waals surface area contributed by atoms with Crippen molar-refractivity contribution < 1.29 is 4.79 Å². The zero-order chi connectivity index (χ0) is 16.2. The molecule has 2 aliphatic heterocycles. The van der Waals surface area contributed by atoms with Gasteiger partial charge in [0.1, 0.15) is 0 Å². The van der Waals surface area contributed by atoms with Gasteiger partial charge in [-0.3, -0.25) is 9.69 Å². The van der Waals surface area contributed by atoms with Crippen LogP contribution in [0.15, 0.2) is 0 Å². The number of rotatable bonds is 4. The molecule has 0 aromatic heterocycles. The highest BCUT2D eigenvalue weighted by Crippen LogP contribution is 2.25. The summed E-state index contributed by atoms with van der Waals surface area (Å²) in [7, 11) is 0. The van der Waals surface area contributed by atoms with E-state index in [1.54, 1.807) is 0 Å². The van der Waals surface area contributed by atoms with Crippen molar-refractivity contribution in [1.29, 1.82) is 0 Å². The molecule has 0 spiro atoms. The van der Waals surface area contributed by atoms with Crippen molar-refractivity contribution in [2.24, 2.45) is 5.92 Å². The van der Waals surface area contributed by atoms with E-state index in [1.165, 1.54) is 64.6 Å². The summed E-state index contributed by atoms with van der Waals surface area (Å²) < 4.78 is 0. The van der Waals surface area contributed by atoms with E-state index < -0.39 is 0 Å². The third-order valence-electron chi connectivity index (χ3n) is 6.27. The predicted octanol–water partition coefficient (Wildman–Crippen LogP) is 2.63. The topological polar surface area (TPSA) is 35.6 Å². The van der Waals surface area contributed by atoms with E-state index in [9.17, 15) is 4.79 Å². The maximum atomic E-state index is 12.6. The molecule has 2 heterocycles. The number of amides is 1. The van der Waals surface area contributed by atoms with Gasteiger partial charge in [-0.15, -0.1) is 0 Å². The van der Waals surface area contributed by atoms with Gasteiger partial charge >= 0.3 is 0 Å². The fourth-order valence-corrected chi connectivity index (χ4v) is 4.71. The molecule has 4 heteroatoms. The van der Waals surface area contributed by atoms with Gasteiger partial charge in [0.15, 0.2) is 0 Å². The summed E-state index contributed by atoms with van der Waals surface area (Å²) in [6.45, 7) is 9.22. The maximum absolute atomic E-state index is 12.6. The Morgan fingerprint density at radius 3 is 2.30 bits per heavy atom. The Balaban J connectivity index is 1.47. The third-order valence-corrected chi connectivity index (χ3v) is 6.27. The molecule has 2 saturated heterocycles. The molecule has 0 radical (unpaired) electrons. The van der Waals surface area contributed by atoms with Gasteiger partial charge in [0.05, 0.1) is 5.92 Å². The van der Waals surface area contributed by atoms with Crippen LogP contribution in [0.25, 0.3) is 0 Å². The summed E-state index contributed by atoms with van der Waals surface area (Å²) in [4.78, 5) is 17.8. The Bertz CT molecular complexity index is 384. The normalized spacial score (nSPS) is 29.3. The van der Waals surface area contributed by atoms with Crippen molar-refractivity contribution in [3.8, 4) is 0 Å². The molecule has 0 bridgehead atoms. The highest BCUT2D eigenvalue weighted by Gasteiger charge is 2.32. The minimum atomic E-state index is 0.229. The molecule has 132 valence electrons. The van der Waals surface area contributed by atoms with E-state index in [1.807, 2.05) is 0 Å². The molecule has 23 heavy (non-hydrogen) atoms. The summed E-state index contributed by atoms with van der Waals surface area (Å²) in [5.74, 6) is 0.564. The van der Waals surface area contributed by atoms with Gasteiger partial charge in [-0.25, -0.2) is 0 Å². The molecule has 3 rings (SSSR count). The number of carbonyl (C=O) groups is 1. The first-order valence-electron chi connectivity index (χ1n) is 9.92. The van der Waals surface area contributed by atoms with Gasteiger partial charge in [0, 0.05) is 24.7 Å². The van der Waals surface area contributed by atoms with Gasteiger partial charge < -0.3 is 10.2 Å². The Kier molecular flexibility index (Phi) is 5.97. The first-order valence-corrected chi connectivity index (χ1v) is 9.92. The molecular weight excluding hydrogens is 286 g/mol. The van der Waals surface area contributed by atoms with Crippen LogP contribution in [0.3, 0.4) is 0 Å². The third kappa shape index (κ3) is 4.48. The average Bonchev–Trinajstić information content (AvgIpc) is 3.08. The molecule has 1 amide bonds. The lowest BCUT2D eigenvalue weighted by molar-refractivity contribution is -0.127. The zero-order valence-corrected chi connectivity index (χ0v) is 15.1. The minimum absolute atomic E-state index is 0.229. The van der Waals surface area contributed by atoms with E-state index in [-0.39, 0.29) is 5.92 Å². The van der Waals surface area contributed by atoms with Crippen molar-refractivity contribution in [3.63, 3.8) is 0 Å². The van der Waals surface area contributed by atoms with Crippen LogP contribution in [0.5, 0.6) is 0 Å². The maximum Gasteiger partial charge on any atom is 0.224 e. The minimum Gasteiger partial charge on any atom is -0.353 e. The standard InChI is InChI=1S/C19H35N3O/c1-15(2)21-12-9-18(10-13-21)22-11-5-6-16(14-22)19(23)20-17-7-3-4-8-17/h15-18H,3-14H2,1-2H3,(H,20,23)/t16-/m1/s1. The monoisotopic (exact) mass is 321 g/mol. The first kappa shape index (κ1) is 17.2. The lowest BCUT2D eigenvalue weighted by Gasteiger charge is -2.43. The summed E-state index contributed by atoms with van der Waals surface area (Å²) in [5, 5.41) is 3.32. The molecule has 1 saturated carbocycles. The average molecular weight is 322 g/mol. The molecule has 1 N–H and O–H groups in total. The lowest BCUT2D eigenvalue weighted by Crippen LogP contribution is -2.52. The number of nitrogens with one attached hydrogen (secondary N) is 1. The van der Waals surface area contributed by atoms with E-state index in [4.69, 9.17) is 0 Å². The number of nitrogens with zero attached hydrogens (tertiary/aromatic N) is 2. The largest absolute Gasteiger partial charge is 0.353 e. The van der Waals surface area contributed by atoms with Crippen molar-refractivity contribution in [1.82, 2.24) is 15.1 Å². The summed E-state index contributed by atoms with van der Waals surface area (Å²) in [6, 6.07) is 1.83. The van der Waals surface area contributed by atoms with Gasteiger partial charge in [-0.2, -0.15) is 0 Å². The van der Waals surface area contributed by atoms with E-state index in [2.05, 4.69) is 29.0 Å². The predicted molar refractivity (Wildman–Crippen MR) is 94.4 cm³/mol. The van der Waals surface area contributed by atoms with Crippen molar-refractivity contribution in [2.75, 3.05) is 26.2 Å². The Labute approximate surface area is 142 Å². The van der Waals surface area contributed by atoms with Crippen molar-refractivity contribution in [2.45, 2.75) is 83.3 Å². The van der Waals surface area contributed by atoms with Gasteiger partial charge in [-0.05, 0) is 72.0 Å². The fraction of sp³-hybridized carbons (Fsp3) is 0.947. The molecule has 3 fully saturated rings. The van der Waals surface area contributed by atoms with Crippen LogP contribution in [0.4, 0.5) is 0 Å². The number of hydrogen-bond donors (Lipinski definition) is 1. The molecule has 3 aliphatic rings. The smallest absolute Gasteiger partial charge is 0.224 e. The van der Waals surface area contributed by atoms with Crippen LogP contribution in [-0.2, 0) is 4.79 Å². The van der Waals surface area contributed by atoms with Crippen molar-refractivity contribution in [3.05, 3.63) is 0 Å². The summed E-state index contributed by atoms with van der Waals surface area (Å²) in [6.07, 6.45) is 9.77. The molecular formula is C19H35N3O. The van der Waals surface area contributed by atoms with E-state index >= 15 is 0 Å². The lowest BCUT2D eigenvalue weighted by atomic mass is 9.92. The summed E-state index contributed by atoms with van der Waals surface area (Å²) in [5.41, 5.74) is 0. The van der Waals surface area contributed by atoms with Crippen LogP contribution in [0.2, 0.25) is 0 Å². The quantitative estimate of drug-likeness (QED) is 0.864. The molecule has 4 nitrogen and oxygen atoms in total. The molecule has 0 unspecified atom stereocenters. The van der Waals surface area contributed by atoms with E-state index in [0.29, 0.717) is 24.0 Å². The molecule has 1 aliphatic carbocycles. The Hall–Kier alpha value is -0.610. The molecule has 0 aromatic carbocycles. The van der Waals surface area contributed by atoms with Crippen LogP contribution in [0.1, 0.15) is 65.2 Å². The van der Waals surface area contributed by atoms with Crippen LogP contribution in [-0.4, -0.2) is 60.0 Å². The van der Waals surface area contributed by atoms with Gasteiger partial charge in [0.2, 0.25) is 5.91 Å². The van der Waals surface area contributed by atoms with E-state index in [0.717, 1.165) is 13.0 Å². The molecule has 1 atom stereocenters. The summed E-state index contributed by atoms with van der Waals surface area (Å²) >= 11 is 0. The molecule has 0 aromatic rings. The number of carbonyl (C=O) groups excluding carboxylic acids is 1.